The Labute approximate surface area is 158 Å². The van der Waals surface area contributed by atoms with Crippen molar-refractivity contribution in [2.24, 2.45) is 0 Å². The average Bonchev–Trinajstić information content (AvgIpc) is 2.63. The lowest BCUT2D eigenvalue weighted by Crippen LogP contribution is -2.51. The van der Waals surface area contributed by atoms with Crippen LogP contribution in [0.25, 0.3) is 0 Å². The number of rotatable bonds is 4. The maximum Gasteiger partial charge on any atom is 0.414 e. The van der Waals surface area contributed by atoms with Crippen LogP contribution in [0.5, 0.6) is 0 Å². The van der Waals surface area contributed by atoms with E-state index in [0.29, 0.717) is 16.6 Å². The molecule has 1 aromatic carbocycles. The number of piperazine rings is 1. The summed E-state index contributed by atoms with van der Waals surface area (Å²) in [6, 6.07) is 7.86. The minimum Gasteiger partial charge on any atom is -0.473 e. The minimum absolute atomic E-state index is 0.0942. The first-order chi connectivity index (χ1) is 12.3. The topological polar surface area (TPSA) is 98.2 Å². The van der Waals surface area contributed by atoms with Gasteiger partial charge in [0, 0.05) is 42.8 Å². The minimum atomic E-state index is -1.82. The van der Waals surface area contributed by atoms with E-state index in [1.54, 1.807) is 12.1 Å². The van der Waals surface area contributed by atoms with E-state index >= 15 is 0 Å². The maximum absolute atomic E-state index is 12.4. The Kier molecular flexibility index (Phi) is 9.09. The van der Waals surface area contributed by atoms with Gasteiger partial charge in [0.15, 0.2) is 0 Å². The Hall–Kier alpha value is -2.12. The molecule has 8 heteroatoms. The highest BCUT2D eigenvalue weighted by Gasteiger charge is 2.25. The van der Waals surface area contributed by atoms with E-state index in [0.717, 1.165) is 26.2 Å². The predicted molar refractivity (Wildman–Crippen MR) is 98.6 cm³/mol. The fraction of sp³-hybridized carbons (Fsp3) is 0.500. The Morgan fingerprint density at radius 3 is 2.00 bits per heavy atom. The molecule has 0 spiro atoms. The Morgan fingerprint density at radius 2 is 1.58 bits per heavy atom. The summed E-state index contributed by atoms with van der Waals surface area (Å²) in [5.41, 5.74) is 0.688. The number of carboxylic acid groups (broad SMARTS) is 2. The monoisotopic (exact) mass is 384 g/mol. The van der Waals surface area contributed by atoms with Crippen LogP contribution in [0.2, 0.25) is 5.02 Å². The van der Waals surface area contributed by atoms with Crippen molar-refractivity contribution in [1.82, 2.24) is 9.80 Å². The molecule has 1 amide bonds. The van der Waals surface area contributed by atoms with Crippen molar-refractivity contribution in [3.8, 4) is 0 Å². The molecule has 0 aromatic heterocycles. The highest BCUT2D eigenvalue weighted by atomic mass is 35.5. The number of carbonyl (C=O) groups is 3. The lowest BCUT2D eigenvalue weighted by Gasteiger charge is -2.38. The first-order valence-electron chi connectivity index (χ1n) is 8.55. The summed E-state index contributed by atoms with van der Waals surface area (Å²) in [5.74, 6) is -3.55. The van der Waals surface area contributed by atoms with E-state index in [4.69, 9.17) is 31.4 Å². The van der Waals surface area contributed by atoms with Crippen molar-refractivity contribution in [3.63, 3.8) is 0 Å². The summed E-state index contributed by atoms with van der Waals surface area (Å²) < 4.78 is 0. The molecule has 0 bridgehead atoms. The molecule has 0 unspecified atom stereocenters. The predicted octanol–water partition coefficient (Wildman–Crippen LogP) is 2.44. The molecule has 2 rings (SSSR count). The zero-order valence-corrected chi connectivity index (χ0v) is 15.8. The zero-order chi connectivity index (χ0) is 19.7. The van der Waals surface area contributed by atoms with Gasteiger partial charge < -0.3 is 15.1 Å². The number of hydrogen-bond donors (Lipinski definition) is 2. The normalized spacial score (nSPS) is 14.5. The van der Waals surface area contributed by atoms with Gasteiger partial charge in [-0.05, 0) is 31.0 Å². The molecule has 1 saturated heterocycles. The van der Waals surface area contributed by atoms with Crippen LogP contribution >= 0.6 is 11.6 Å². The number of carbonyl (C=O) groups excluding carboxylic acids is 1. The molecule has 0 radical (unpaired) electrons. The fourth-order valence-electron chi connectivity index (χ4n) is 2.90. The van der Waals surface area contributed by atoms with E-state index in [-0.39, 0.29) is 5.91 Å². The third-order valence-corrected chi connectivity index (χ3v) is 4.55. The second kappa shape index (κ2) is 10.8. The van der Waals surface area contributed by atoms with Gasteiger partial charge in [0.1, 0.15) is 0 Å². The number of aliphatic carboxylic acids is 2. The van der Waals surface area contributed by atoms with Crippen LogP contribution in [0, 0.1) is 0 Å². The van der Waals surface area contributed by atoms with Crippen LogP contribution in [0.4, 0.5) is 0 Å². The molecule has 1 fully saturated rings. The van der Waals surface area contributed by atoms with Crippen molar-refractivity contribution >= 4 is 29.4 Å². The van der Waals surface area contributed by atoms with E-state index in [1.165, 1.54) is 12.8 Å². The van der Waals surface area contributed by atoms with Crippen LogP contribution < -0.4 is 0 Å². The third kappa shape index (κ3) is 6.65. The summed E-state index contributed by atoms with van der Waals surface area (Å²) in [7, 11) is 0. The second-order valence-corrected chi connectivity index (χ2v) is 6.36. The Balaban J connectivity index is 0.000000487. The summed E-state index contributed by atoms with van der Waals surface area (Å²) in [6.07, 6.45) is 2.36. The first-order valence-corrected chi connectivity index (χ1v) is 8.93. The lowest BCUT2D eigenvalue weighted by atomic mass is 10.1. The van der Waals surface area contributed by atoms with Crippen molar-refractivity contribution < 1.29 is 24.6 Å². The molecule has 0 saturated carbocycles. The van der Waals surface area contributed by atoms with Crippen LogP contribution in [0.1, 0.15) is 37.0 Å². The number of amides is 1. The van der Waals surface area contributed by atoms with Crippen LogP contribution in [0.15, 0.2) is 24.3 Å². The molecule has 1 aliphatic rings. The van der Waals surface area contributed by atoms with Crippen molar-refractivity contribution in [3.05, 3.63) is 34.9 Å². The molecule has 1 heterocycles. The number of benzene rings is 1. The molecule has 144 valence electrons. The number of hydrogen-bond acceptors (Lipinski definition) is 4. The van der Waals surface area contributed by atoms with Gasteiger partial charge >= 0.3 is 11.9 Å². The van der Waals surface area contributed by atoms with Gasteiger partial charge in [0.05, 0.1) is 0 Å². The number of halogens is 1. The van der Waals surface area contributed by atoms with Crippen LogP contribution in [-0.4, -0.2) is 70.1 Å². The summed E-state index contributed by atoms with van der Waals surface area (Å²) in [4.78, 5) is 35.1. The lowest BCUT2D eigenvalue weighted by molar-refractivity contribution is -0.159. The van der Waals surface area contributed by atoms with Gasteiger partial charge in [-0.1, -0.05) is 31.5 Å². The Morgan fingerprint density at radius 1 is 1.04 bits per heavy atom. The smallest absolute Gasteiger partial charge is 0.414 e. The fourth-order valence-corrected chi connectivity index (χ4v) is 3.09. The summed E-state index contributed by atoms with van der Waals surface area (Å²) in [5, 5.41) is 15.4. The molecule has 2 N–H and O–H groups in total. The first kappa shape index (κ1) is 21.9. The molecule has 7 nitrogen and oxygen atoms in total. The summed E-state index contributed by atoms with van der Waals surface area (Å²) >= 11 is 5.95. The number of nitrogens with zero attached hydrogens (tertiary/aromatic N) is 2. The highest BCUT2D eigenvalue weighted by Crippen LogP contribution is 2.16. The van der Waals surface area contributed by atoms with Crippen molar-refractivity contribution in [2.75, 3.05) is 26.2 Å². The van der Waals surface area contributed by atoms with Gasteiger partial charge in [-0.3, -0.25) is 9.69 Å². The van der Waals surface area contributed by atoms with Gasteiger partial charge in [0.2, 0.25) is 0 Å². The molecule has 0 aliphatic carbocycles. The SMILES string of the molecule is CCC(CC)N1CCN(C(=O)c2cccc(Cl)c2)CC1.O=C(O)C(=O)O. The van der Waals surface area contributed by atoms with Gasteiger partial charge in [-0.2, -0.15) is 0 Å². The van der Waals surface area contributed by atoms with Crippen LogP contribution in [0.3, 0.4) is 0 Å². The molecular formula is C18H25ClN2O5. The summed E-state index contributed by atoms with van der Waals surface area (Å²) in [6.45, 7) is 8.02. The molecule has 1 aliphatic heterocycles. The van der Waals surface area contributed by atoms with Gasteiger partial charge in [-0.25, -0.2) is 9.59 Å². The van der Waals surface area contributed by atoms with E-state index < -0.39 is 11.9 Å². The number of carboxylic acids is 2. The zero-order valence-electron chi connectivity index (χ0n) is 15.0. The van der Waals surface area contributed by atoms with Gasteiger partial charge in [-0.15, -0.1) is 0 Å². The average molecular weight is 385 g/mol. The highest BCUT2D eigenvalue weighted by molar-refractivity contribution is 6.31. The van der Waals surface area contributed by atoms with E-state index in [1.807, 2.05) is 17.0 Å². The molecule has 1 aromatic rings. The molecular weight excluding hydrogens is 360 g/mol. The van der Waals surface area contributed by atoms with E-state index in [2.05, 4.69) is 18.7 Å². The van der Waals surface area contributed by atoms with Crippen LogP contribution in [-0.2, 0) is 9.59 Å². The Bertz CT molecular complexity index is 614. The van der Waals surface area contributed by atoms with Crippen molar-refractivity contribution in [1.29, 1.82) is 0 Å². The second-order valence-electron chi connectivity index (χ2n) is 5.92. The van der Waals surface area contributed by atoms with E-state index in [9.17, 15) is 4.79 Å². The van der Waals surface area contributed by atoms with Gasteiger partial charge in [0.25, 0.3) is 5.91 Å². The maximum atomic E-state index is 12.4. The van der Waals surface area contributed by atoms with Crippen molar-refractivity contribution in [2.45, 2.75) is 32.7 Å². The largest absolute Gasteiger partial charge is 0.473 e. The molecule has 0 atom stereocenters. The molecule has 26 heavy (non-hydrogen) atoms. The third-order valence-electron chi connectivity index (χ3n) is 4.31. The quantitative estimate of drug-likeness (QED) is 0.774. The standard InChI is InChI=1S/C16H23ClN2O.C2H2O4/c1-3-15(4-2)18-8-10-19(11-9-18)16(20)13-6-5-7-14(17)12-13;3-1(4)2(5)6/h5-7,12,15H,3-4,8-11H2,1-2H3;(H,3,4)(H,5,6).